The van der Waals surface area contributed by atoms with Crippen LogP contribution in [0.3, 0.4) is 0 Å². The summed E-state index contributed by atoms with van der Waals surface area (Å²) in [6.07, 6.45) is 5.34. The highest BCUT2D eigenvalue weighted by Gasteiger charge is 2.24. The van der Waals surface area contributed by atoms with E-state index in [2.05, 4.69) is 36.1 Å². The molecule has 1 saturated heterocycles. The highest BCUT2D eigenvalue weighted by molar-refractivity contribution is 4.81. The summed E-state index contributed by atoms with van der Waals surface area (Å²) >= 11 is 0. The summed E-state index contributed by atoms with van der Waals surface area (Å²) in [6, 6.07) is 1.51. The molecule has 1 heterocycles. The Bertz CT molecular complexity index is 182. The topological polar surface area (TPSA) is 18.5 Å². The molecule has 16 heavy (non-hydrogen) atoms. The van der Waals surface area contributed by atoms with Crippen molar-refractivity contribution in [1.29, 1.82) is 0 Å². The van der Waals surface area contributed by atoms with Crippen molar-refractivity contribution in [2.75, 3.05) is 40.8 Å². The van der Waals surface area contributed by atoms with E-state index in [4.69, 9.17) is 0 Å². The van der Waals surface area contributed by atoms with Crippen LogP contribution in [0.15, 0.2) is 0 Å². The van der Waals surface area contributed by atoms with Crippen molar-refractivity contribution in [3.63, 3.8) is 0 Å². The minimum absolute atomic E-state index is 0.746. The van der Waals surface area contributed by atoms with E-state index in [9.17, 15) is 0 Å². The Kier molecular flexibility index (Phi) is 6.32. The van der Waals surface area contributed by atoms with Gasteiger partial charge >= 0.3 is 0 Å². The van der Waals surface area contributed by atoms with E-state index in [-0.39, 0.29) is 0 Å². The molecule has 0 aromatic carbocycles. The van der Waals surface area contributed by atoms with E-state index in [1.165, 1.54) is 38.8 Å². The van der Waals surface area contributed by atoms with Crippen molar-refractivity contribution < 1.29 is 0 Å². The Hall–Kier alpha value is -0.120. The first-order valence-corrected chi connectivity index (χ1v) is 6.70. The van der Waals surface area contributed by atoms with Crippen LogP contribution in [0.4, 0.5) is 0 Å². The molecular weight excluding hydrogens is 198 g/mol. The van der Waals surface area contributed by atoms with Crippen molar-refractivity contribution in [3.05, 3.63) is 0 Å². The molecule has 0 amide bonds. The highest BCUT2D eigenvalue weighted by Crippen LogP contribution is 2.17. The van der Waals surface area contributed by atoms with Crippen molar-refractivity contribution in [1.82, 2.24) is 15.1 Å². The third-order valence-electron chi connectivity index (χ3n) is 3.83. The summed E-state index contributed by atoms with van der Waals surface area (Å²) in [6.45, 7) is 6.09. The van der Waals surface area contributed by atoms with Crippen LogP contribution in [-0.2, 0) is 0 Å². The fourth-order valence-electron chi connectivity index (χ4n) is 2.56. The predicted octanol–water partition coefficient (Wildman–Crippen LogP) is 1.40. The van der Waals surface area contributed by atoms with Crippen molar-refractivity contribution in [2.45, 2.75) is 44.7 Å². The first-order chi connectivity index (χ1) is 7.65. The molecule has 0 aromatic rings. The summed E-state index contributed by atoms with van der Waals surface area (Å²) in [4.78, 5) is 5.05. The molecule has 1 aliphatic rings. The van der Waals surface area contributed by atoms with Gasteiger partial charge in [0.15, 0.2) is 0 Å². The first kappa shape index (κ1) is 13.9. The minimum atomic E-state index is 0.746. The van der Waals surface area contributed by atoms with Gasteiger partial charge in [-0.25, -0.2) is 0 Å². The molecule has 1 aliphatic heterocycles. The maximum atomic E-state index is 3.23. The highest BCUT2D eigenvalue weighted by atomic mass is 15.2. The van der Waals surface area contributed by atoms with Crippen molar-refractivity contribution in [3.8, 4) is 0 Å². The second-order valence-corrected chi connectivity index (χ2v) is 5.35. The second kappa shape index (κ2) is 7.25. The van der Waals surface area contributed by atoms with Gasteiger partial charge in [-0.1, -0.05) is 0 Å². The molecule has 0 saturated carbocycles. The van der Waals surface area contributed by atoms with Gasteiger partial charge in [0, 0.05) is 18.6 Å². The first-order valence-electron chi connectivity index (χ1n) is 6.70. The second-order valence-electron chi connectivity index (χ2n) is 5.35. The van der Waals surface area contributed by atoms with Crippen molar-refractivity contribution in [2.24, 2.45) is 0 Å². The van der Waals surface area contributed by atoms with Crippen LogP contribution >= 0.6 is 0 Å². The molecule has 0 bridgehead atoms. The fraction of sp³-hybridized carbons (Fsp3) is 1.00. The lowest BCUT2D eigenvalue weighted by molar-refractivity contribution is 0.0980. The molecular formula is C13H29N3. The summed E-state index contributed by atoms with van der Waals surface area (Å²) in [5, 5.41) is 3.23. The maximum absolute atomic E-state index is 3.23. The van der Waals surface area contributed by atoms with Gasteiger partial charge in [0.1, 0.15) is 0 Å². The molecule has 96 valence electrons. The van der Waals surface area contributed by atoms with Gasteiger partial charge in [-0.05, 0) is 66.8 Å². The normalized spacial score (nSPS) is 24.9. The third kappa shape index (κ3) is 4.40. The van der Waals surface area contributed by atoms with Crippen LogP contribution in [0.1, 0.15) is 32.6 Å². The minimum Gasteiger partial charge on any atom is -0.320 e. The Morgan fingerprint density at radius 1 is 1.44 bits per heavy atom. The number of hydrogen-bond donors (Lipinski definition) is 1. The summed E-state index contributed by atoms with van der Waals surface area (Å²) in [7, 11) is 6.45. The van der Waals surface area contributed by atoms with Gasteiger partial charge < -0.3 is 10.2 Å². The zero-order chi connectivity index (χ0) is 12.0. The zero-order valence-corrected chi connectivity index (χ0v) is 11.5. The van der Waals surface area contributed by atoms with E-state index >= 15 is 0 Å². The van der Waals surface area contributed by atoms with Gasteiger partial charge in [-0.3, -0.25) is 4.90 Å². The van der Waals surface area contributed by atoms with Crippen LogP contribution in [0.5, 0.6) is 0 Å². The molecule has 3 heteroatoms. The van der Waals surface area contributed by atoms with Crippen LogP contribution in [-0.4, -0.2) is 62.7 Å². The van der Waals surface area contributed by atoms with E-state index < -0.39 is 0 Å². The van der Waals surface area contributed by atoms with Crippen LogP contribution in [0, 0.1) is 0 Å². The standard InChI is InChI=1S/C13H29N3/c1-12(7-5-9-14-2)16-10-6-8-13(11-16)15(3)4/h12-14H,5-11H2,1-4H3. The largest absolute Gasteiger partial charge is 0.320 e. The Morgan fingerprint density at radius 2 is 2.19 bits per heavy atom. The zero-order valence-electron chi connectivity index (χ0n) is 11.5. The quantitative estimate of drug-likeness (QED) is 0.692. The summed E-state index contributed by atoms with van der Waals surface area (Å²) in [5.41, 5.74) is 0. The maximum Gasteiger partial charge on any atom is 0.0217 e. The lowest BCUT2D eigenvalue weighted by Gasteiger charge is -2.39. The molecule has 1 fully saturated rings. The lowest BCUT2D eigenvalue weighted by atomic mass is 10.0. The van der Waals surface area contributed by atoms with E-state index in [1.807, 2.05) is 7.05 Å². The van der Waals surface area contributed by atoms with Gasteiger partial charge in [0.25, 0.3) is 0 Å². The van der Waals surface area contributed by atoms with E-state index in [0.717, 1.165) is 18.6 Å². The molecule has 0 spiro atoms. The Morgan fingerprint density at radius 3 is 2.81 bits per heavy atom. The van der Waals surface area contributed by atoms with Crippen molar-refractivity contribution >= 4 is 0 Å². The number of nitrogens with zero attached hydrogens (tertiary/aromatic N) is 2. The monoisotopic (exact) mass is 227 g/mol. The fourth-order valence-corrected chi connectivity index (χ4v) is 2.56. The number of piperidine rings is 1. The molecule has 1 N–H and O–H groups in total. The molecule has 0 aliphatic carbocycles. The van der Waals surface area contributed by atoms with Gasteiger partial charge in [0.05, 0.1) is 0 Å². The number of likely N-dealkylation sites (tertiary alicyclic amines) is 1. The smallest absolute Gasteiger partial charge is 0.0217 e. The summed E-state index contributed by atoms with van der Waals surface area (Å²) in [5.74, 6) is 0. The molecule has 2 atom stereocenters. The Balaban J connectivity index is 2.29. The molecule has 3 nitrogen and oxygen atoms in total. The number of hydrogen-bond acceptors (Lipinski definition) is 3. The molecule has 0 radical (unpaired) electrons. The van der Waals surface area contributed by atoms with Gasteiger partial charge in [-0.15, -0.1) is 0 Å². The number of likely N-dealkylation sites (N-methyl/N-ethyl adjacent to an activating group) is 1. The van der Waals surface area contributed by atoms with Gasteiger partial charge in [-0.2, -0.15) is 0 Å². The third-order valence-corrected chi connectivity index (χ3v) is 3.83. The molecule has 2 unspecified atom stereocenters. The van der Waals surface area contributed by atoms with Crippen LogP contribution in [0.25, 0.3) is 0 Å². The summed E-state index contributed by atoms with van der Waals surface area (Å²) < 4.78 is 0. The average molecular weight is 227 g/mol. The van der Waals surface area contributed by atoms with Crippen LogP contribution < -0.4 is 5.32 Å². The molecule has 1 rings (SSSR count). The Labute approximate surface area is 101 Å². The number of nitrogens with one attached hydrogen (secondary N) is 1. The predicted molar refractivity (Wildman–Crippen MR) is 70.9 cm³/mol. The van der Waals surface area contributed by atoms with Gasteiger partial charge in [0.2, 0.25) is 0 Å². The van der Waals surface area contributed by atoms with Crippen LogP contribution in [0.2, 0.25) is 0 Å². The van der Waals surface area contributed by atoms with E-state index in [0.29, 0.717) is 0 Å². The average Bonchev–Trinajstić information content (AvgIpc) is 2.29. The number of rotatable bonds is 6. The molecule has 0 aromatic heterocycles. The lowest BCUT2D eigenvalue weighted by Crippen LogP contribution is -2.48. The van der Waals surface area contributed by atoms with E-state index in [1.54, 1.807) is 0 Å². The SMILES string of the molecule is CNCCCC(C)N1CCCC(N(C)C)C1.